The summed E-state index contributed by atoms with van der Waals surface area (Å²) in [4.78, 5) is 36.9. The predicted molar refractivity (Wildman–Crippen MR) is 130 cm³/mol. The summed E-state index contributed by atoms with van der Waals surface area (Å²) < 4.78 is 10.8. The van der Waals surface area contributed by atoms with Crippen LogP contribution in [0.2, 0.25) is 0 Å². The number of carbonyl (C=O) groups excluding carboxylic acids is 1. The van der Waals surface area contributed by atoms with E-state index in [-0.39, 0.29) is 17.4 Å². The molecule has 2 aromatic carbocycles. The average molecular weight is 451 g/mol. The summed E-state index contributed by atoms with van der Waals surface area (Å²) in [6, 6.07) is 9.69. The Morgan fingerprint density at radius 1 is 1.21 bits per heavy atom. The van der Waals surface area contributed by atoms with Gasteiger partial charge in [0, 0.05) is 43.4 Å². The van der Waals surface area contributed by atoms with Crippen LogP contribution in [0.15, 0.2) is 35.1 Å². The maximum atomic E-state index is 12.9. The molecule has 0 spiro atoms. The summed E-state index contributed by atoms with van der Waals surface area (Å²) in [7, 11) is 4.98. The quantitative estimate of drug-likeness (QED) is 0.591. The molecule has 1 aromatic heterocycles. The van der Waals surface area contributed by atoms with Crippen molar-refractivity contribution in [2.75, 3.05) is 37.6 Å². The van der Waals surface area contributed by atoms with E-state index in [1.54, 1.807) is 20.3 Å². The van der Waals surface area contributed by atoms with Gasteiger partial charge in [-0.25, -0.2) is 4.98 Å². The van der Waals surface area contributed by atoms with E-state index in [9.17, 15) is 9.59 Å². The Balaban J connectivity index is 1.63. The molecule has 174 valence electrons. The fourth-order valence-electron chi connectivity index (χ4n) is 4.56. The van der Waals surface area contributed by atoms with E-state index >= 15 is 0 Å². The Bertz CT molecular complexity index is 1250. The lowest BCUT2D eigenvalue weighted by atomic mass is 10.1. The number of carbonyl (C=O) groups is 1. The van der Waals surface area contributed by atoms with E-state index < -0.39 is 0 Å². The molecule has 1 unspecified atom stereocenters. The second-order valence-electron chi connectivity index (χ2n) is 8.43. The monoisotopic (exact) mass is 450 g/mol. The number of hydrogen-bond acceptors (Lipinski definition) is 6. The van der Waals surface area contributed by atoms with Crippen LogP contribution in [-0.4, -0.2) is 43.7 Å². The van der Waals surface area contributed by atoms with Crippen LogP contribution in [0.5, 0.6) is 11.5 Å². The summed E-state index contributed by atoms with van der Waals surface area (Å²) in [6.07, 6.45) is 1.77. The molecule has 4 rings (SSSR count). The number of fused-ring (bicyclic) bond motifs is 1. The summed E-state index contributed by atoms with van der Waals surface area (Å²) >= 11 is 0. The Labute approximate surface area is 193 Å². The Morgan fingerprint density at radius 3 is 2.67 bits per heavy atom. The van der Waals surface area contributed by atoms with Crippen molar-refractivity contribution in [2.45, 2.75) is 33.2 Å². The van der Waals surface area contributed by atoms with Crippen LogP contribution in [0, 0.1) is 12.8 Å². The average Bonchev–Trinajstić information content (AvgIpc) is 3.18. The first-order chi connectivity index (χ1) is 15.9. The smallest absolute Gasteiger partial charge is 0.260 e. The first-order valence-corrected chi connectivity index (χ1v) is 11.1. The third kappa shape index (κ3) is 4.13. The van der Waals surface area contributed by atoms with Gasteiger partial charge in [0.25, 0.3) is 5.56 Å². The van der Waals surface area contributed by atoms with Crippen LogP contribution >= 0.6 is 0 Å². The molecule has 3 aromatic rings. The second-order valence-corrected chi connectivity index (χ2v) is 8.43. The van der Waals surface area contributed by atoms with Gasteiger partial charge in [0.15, 0.2) is 11.5 Å². The highest BCUT2D eigenvalue weighted by Gasteiger charge is 2.31. The van der Waals surface area contributed by atoms with Crippen molar-refractivity contribution in [3.8, 4) is 11.5 Å². The zero-order valence-electron chi connectivity index (χ0n) is 19.8. The third-order valence-electron chi connectivity index (χ3n) is 6.38. The molecule has 1 N–H and O–H groups in total. The molecule has 1 fully saturated rings. The molecule has 2 heterocycles. The van der Waals surface area contributed by atoms with Gasteiger partial charge in [0.2, 0.25) is 11.9 Å². The highest BCUT2D eigenvalue weighted by atomic mass is 16.5. The van der Waals surface area contributed by atoms with E-state index in [2.05, 4.69) is 16.9 Å². The molecule has 1 aliphatic rings. The SMILES string of the molecule is CCC1CCN(c2cccc(CN(C)c3nc4cc(OC)c(OC)c(C)c4c(=O)[nH]3)c2)C1=O. The van der Waals surface area contributed by atoms with E-state index in [1.165, 1.54) is 0 Å². The van der Waals surface area contributed by atoms with Crippen LogP contribution in [-0.2, 0) is 11.3 Å². The number of aromatic amines is 1. The number of methoxy groups -OCH3 is 2. The molecule has 8 heteroatoms. The highest BCUT2D eigenvalue weighted by molar-refractivity contribution is 5.97. The van der Waals surface area contributed by atoms with Gasteiger partial charge in [-0.05, 0) is 37.5 Å². The lowest BCUT2D eigenvalue weighted by Crippen LogP contribution is -2.27. The summed E-state index contributed by atoms with van der Waals surface area (Å²) in [5.41, 5.74) is 2.92. The minimum absolute atomic E-state index is 0.113. The Hall–Kier alpha value is -3.55. The maximum Gasteiger partial charge on any atom is 0.260 e. The maximum absolute atomic E-state index is 12.9. The molecular weight excluding hydrogens is 420 g/mol. The molecule has 1 aliphatic heterocycles. The van der Waals surface area contributed by atoms with Crippen LogP contribution in [0.1, 0.15) is 30.9 Å². The number of hydrogen-bond donors (Lipinski definition) is 1. The standard InChI is InChI=1S/C25H30N4O4/c1-6-17-10-11-29(24(17)31)18-9-7-8-16(12-18)14-28(3)25-26-19-13-20(32-4)22(33-5)15(2)21(19)23(30)27-25/h7-9,12-13,17H,6,10-11,14H2,1-5H3,(H,26,27,30). The number of aryl methyl sites for hydroxylation is 1. The third-order valence-corrected chi connectivity index (χ3v) is 6.38. The van der Waals surface area contributed by atoms with Crippen molar-refractivity contribution in [1.82, 2.24) is 9.97 Å². The number of nitrogens with one attached hydrogen (secondary N) is 1. The Morgan fingerprint density at radius 2 is 2.00 bits per heavy atom. The number of H-pyrrole nitrogens is 1. The van der Waals surface area contributed by atoms with Gasteiger partial charge < -0.3 is 19.3 Å². The first kappa shape index (κ1) is 22.6. The van der Waals surface area contributed by atoms with Gasteiger partial charge in [-0.15, -0.1) is 0 Å². The molecule has 0 radical (unpaired) electrons. The molecule has 33 heavy (non-hydrogen) atoms. The number of anilines is 2. The lowest BCUT2D eigenvalue weighted by molar-refractivity contribution is -0.120. The normalized spacial score (nSPS) is 15.8. The number of ether oxygens (including phenoxy) is 2. The second kappa shape index (κ2) is 9.13. The predicted octanol–water partition coefficient (Wildman–Crippen LogP) is 3.65. The Kier molecular flexibility index (Phi) is 6.26. The van der Waals surface area contributed by atoms with Crippen molar-refractivity contribution in [3.63, 3.8) is 0 Å². The first-order valence-electron chi connectivity index (χ1n) is 11.1. The number of nitrogens with zero attached hydrogens (tertiary/aromatic N) is 3. The van der Waals surface area contributed by atoms with E-state index in [0.29, 0.717) is 40.5 Å². The van der Waals surface area contributed by atoms with Gasteiger partial charge in [0.05, 0.1) is 25.1 Å². The topological polar surface area (TPSA) is 87.8 Å². The molecule has 0 bridgehead atoms. The zero-order chi connectivity index (χ0) is 23.7. The van der Waals surface area contributed by atoms with Gasteiger partial charge >= 0.3 is 0 Å². The molecular formula is C25H30N4O4. The van der Waals surface area contributed by atoms with Crippen LogP contribution in [0.25, 0.3) is 10.9 Å². The van der Waals surface area contributed by atoms with Crippen molar-refractivity contribution < 1.29 is 14.3 Å². The lowest BCUT2D eigenvalue weighted by Gasteiger charge is -2.21. The minimum atomic E-state index is -0.234. The zero-order valence-corrected chi connectivity index (χ0v) is 19.8. The molecule has 1 saturated heterocycles. The van der Waals surface area contributed by atoms with Crippen molar-refractivity contribution in [1.29, 1.82) is 0 Å². The van der Waals surface area contributed by atoms with Crippen LogP contribution in [0.4, 0.5) is 11.6 Å². The number of amides is 1. The summed E-state index contributed by atoms with van der Waals surface area (Å²) in [6.45, 7) is 5.15. The highest BCUT2D eigenvalue weighted by Crippen LogP contribution is 2.35. The van der Waals surface area contributed by atoms with Crippen LogP contribution in [0.3, 0.4) is 0 Å². The van der Waals surface area contributed by atoms with Crippen LogP contribution < -0.4 is 24.8 Å². The van der Waals surface area contributed by atoms with Crippen molar-refractivity contribution in [3.05, 3.63) is 51.8 Å². The van der Waals surface area contributed by atoms with Crippen molar-refractivity contribution >= 4 is 28.4 Å². The molecule has 8 nitrogen and oxygen atoms in total. The van der Waals surface area contributed by atoms with E-state index in [0.717, 1.165) is 30.6 Å². The van der Waals surface area contributed by atoms with E-state index in [1.807, 2.05) is 48.0 Å². The fraction of sp³-hybridized carbons (Fsp3) is 0.400. The largest absolute Gasteiger partial charge is 0.493 e. The molecule has 0 saturated carbocycles. The van der Waals surface area contributed by atoms with Gasteiger partial charge in [-0.2, -0.15) is 0 Å². The van der Waals surface area contributed by atoms with Gasteiger partial charge in [-0.3, -0.25) is 14.6 Å². The van der Waals surface area contributed by atoms with E-state index in [4.69, 9.17) is 9.47 Å². The number of aromatic nitrogens is 2. The fourth-order valence-corrected chi connectivity index (χ4v) is 4.56. The van der Waals surface area contributed by atoms with Crippen molar-refractivity contribution in [2.24, 2.45) is 5.92 Å². The molecule has 0 aliphatic carbocycles. The number of benzene rings is 2. The van der Waals surface area contributed by atoms with Gasteiger partial charge in [0.1, 0.15) is 0 Å². The van der Waals surface area contributed by atoms with Gasteiger partial charge in [-0.1, -0.05) is 19.1 Å². The summed E-state index contributed by atoms with van der Waals surface area (Å²) in [5.74, 6) is 1.82. The minimum Gasteiger partial charge on any atom is -0.493 e. The summed E-state index contributed by atoms with van der Waals surface area (Å²) in [5, 5.41) is 0.477. The molecule has 1 atom stereocenters. The number of rotatable bonds is 7. The molecule has 1 amide bonds.